The van der Waals surface area contributed by atoms with Crippen LogP contribution in [0.5, 0.6) is 5.75 Å². The van der Waals surface area contributed by atoms with E-state index in [2.05, 4.69) is 22.0 Å². The SMILES string of the molecule is C=S(=C)(N(C)C)N(C)C1CCCn2c1nc(C(=O)NCc1ccc(F)cc1)c(O)c2=O. The maximum Gasteiger partial charge on any atom is 0.296 e. The molecule has 1 amide bonds. The van der Waals surface area contributed by atoms with E-state index in [1.807, 2.05) is 29.8 Å². The van der Waals surface area contributed by atoms with Gasteiger partial charge in [-0.15, -0.1) is 9.58 Å². The van der Waals surface area contributed by atoms with Crippen LogP contribution in [0.25, 0.3) is 0 Å². The highest BCUT2D eigenvalue weighted by molar-refractivity contribution is 8.23. The molecule has 0 spiro atoms. The Hall–Kier alpha value is -2.69. The quantitative estimate of drug-likeness (QED) is 0.654. The van der Waals surface area contributed by atoms with Gasteiger partial charge in [0.05, 0.1) is 6.04 Å². The van der Waals surface area contributed by atoms with Crippen molar-refractivity contribution in [3.05, 3.63) is 57.5 Å². The zero-order chi connectivity index (χ0) is 22.9. The molecule has 1 aliphatic rings. The number of aromatic hydroxyl groups is 1. The first-order chi connectivity index (χ1) is 14.5. The third-order valence-corrected chi connectivity index (χ3v) is 8.25. The second-order valence-electron chi connectivity index (χ2n) is 7.75. The Morgan fingerprint density at radius 1 is 1.32 bits per heavy atom. The van der Waals surface area contributed by atoms with Crippen LogP contribution < -0.4 is 10.9 Å². The zero-order valence-electron chi connectivity index (χ0n) is 18.0. The van der Waals surface area contributed by atoms with Gasteiger partial charge in [0.1, 0.15) is 11.6 Å². The average Bonchev–Trinajstić information content (AvgIpc) is 2.74. The first kappa shape index (κ1) is 23.0. The molecule has 168 valence electrons. The van der Waals surface area contributed by atoms with Crippen molar-refractivity contribution in [1.82, 2.24) is 23.5 Å². The maximum absolute atomic E-state index is 13.1. The lowest BCUT2D eigenvalue weighted by Gasteiger charge is -2.40. The summed E-state index contributed by atoms with van der Waals surface area (Å²) in [4.78, 5) is 29.9. The number of hydrogen-bond donors (Lipinski definition) is 2. The molecule has 0 fully saturated rings. The van der Waals surface area contributed by atoms with Gasteiger partial charge in [-0.2, -0.15) is 0 Å². The summed E-state index contributed by atoms with van der Waals surface area (Å²) in [5.74, 6) is 7.15. The molecule has 1 unspecified atom stereocenters. The van der Waals surface area contributed by atoms with E-state index < -0.39 is 26.8 Å². The largest absolute Gasteiger partial charge is 0.501 e. The molecule has 2 heterocycles. The third-order valence-electron chi connectivity index (χ3n) is 5.57. The minimum atomic E-state index is -1.81. The second kappa shape index (κ2) is 8.81. The minimum Gasteiger partial charge on any atom is -0.501 e. The summed E-state index contributed by atoms with van der Waals surface area (Å²) in [7, 11) is 3.85. The maximum atomic E-state index is 13.1. The molecular weight excluding hydrogens is 421 g/mol. The minimum absolute atomic E-state index is 0.105. The van der Waals surface area contributed by atoms with Crippen LogP contribution in [0, 0.1) is 5.82 Å². The van der Waals surface area contributed by atoms with Gasteiger partial charge in [-0.1, -0.05) is 23.9 Å². The van der Waals surface area contributed by atoms with E-state index in [0.29, 0.717) is 17.9 Å². The van der Waals surface area contributed by atoms with Crippen molar-refractivity contribution >= 4 is 27.2 Å². The molecule has 10 heteroatoms. The fourth-order valence-corrected chi connectivity index (χ4v) is 4.66. The number of fused-ring (bicyclic) bond motifs is 1. The number of rotatable bonds is 6. The van der Waals surface area contributed by atoms with Crippen LogP contribution in [0.15, 0.2) is 29.1 Å². The van der Waals surface area contributed by atoms with E-state index >= 15 is 0 Å². The smallest absolute Gasteiger partial charge is 0.296 e. The number of benzene rings is 1. The number of nitrogens with one attached hydrogen (secondary N) is 1. The molecule has 31 heavy (non-hydrogen) atoms. The summed E-state index contributed by atoms with van der Waals surface area (Å²) in [5.41, 5.74) is -0.291. The van der Waals surface area contributed by atoms with Crippen LogP contribution in [-0.2, 0) is 13.1 Å². The van der Waals surface area contributed by atoms with Gasteiger partial charge in [0.15, 0.2) is 5.69 Å². The molecule has 8 nitrogen and oxygen atoms in total. The monoisotopic (exact) mass is 449 g/mol. The Morgan fingerprint density at radius 3 is 2.58 bits per heavy atom. The van der Waals surface area contributed by atoms with Crippen LogP contribution in [-0.4, -0.2) is 62.1 Å². The molecule has 0 bridgehead atoms. The standard InChI is InChI=1S/C21H28FN5O3S/c1-25(2)31(4,5)26(3)16-7-6-12-27-19(16)24-17(18(28)21(27)30)20(29)23-13-14-8-10-15(22)11-9-14/h8-11,16,28H,4-7,12-13H2,1-3H3,(H,23,29). The zero-order valence-corrected chi connectivity index (χ0v) is 18.8. The van der Waals surface area contributed by atoms with Crippen molar-refractivity contribution < 1.29 is 14.3 Å². The topological polar surface area (TPSA) is 90.7 Å². The van der Waals surface area contributed by atoms with Gasteiger partial charge >= 0.3 is 0 Å². The Morgan fingerprint density at radius 2 is 1.97 bits per heavy atom. The normalized spacial score (nSPS) is 16.4. The second-order valence-corrected chi connectivity index (χ2v) is 10.7. The molecule has 1 aromatic carbocycles. The Bertz CT molecular complexity index is 1140. The molecule has 1 atom stereocenters. The number of hydrogen-bond acceptors (Lipinski definition) is 6. The fourth-order valence-electron chi connectivity index (χ4n) is 3.47. The molecule has 0 saturated carbocycles. The number of carbonyl (C=O) groups excluding carboxylic acids is 1. The summed E-state index contributed by atoms with van der Waals surface area (Å²) in [6.07, 6.45) is 1.44. The number of halogens is 1. The number of nitrogens with zero attached hydrogens (tertiary/aromatic N) is 4. The van der Waals surface area contributed by atoms with E-state index in [0.717, 1.165) is 12.8 Å². The molecule has 2 aromatic rings. The van der Waals surface area contributed by atoms with Crippen LogP contribution in [0.1, 0.15) is 40.8 Å². The molecule has 0 aliphatic carbocycles. The van der Waals surface area contributed by atoms with Crippen molar-refractivity contribution in [2.24, 2.45) is 0 Å². The van der Waals surface area contributed by atoms with E-state index in [4.69, 9.17) is 0 Å². The van der Waals surface area contributed by atoms with E-state index in [-0.39, 0.29) is 24.1 Å². The van der Waals surface area contributed by atoms with E-state index in [1.54, 1.807) is 12.1 Å². The Labute approximate surface area is 181 Å². The predicted octanol–water partition coefficient (Wildman–Crippen LogP) is 1.84. The summed E-state index contributed by atoms with van der Waals surface area (Å²) in [6.45, 7) is 0.517. The first-order valence-corrected chi connectivity index (χ1v) is 11.7. The van der Waals surface area contributed by atoms with Gasteiger partial charge in [0, 0.05) is 13.1 Å². The lowest BCUT2D eigenvalue weighted by atomic mass is 10.1. The Balaban J connectivity index is 1.95. The lowest BCUT2D eigenvalue weighted by molar-refractivity contribution is 0.0940. The van der Waals surface area contributed by atoms with E-state index in [1.165, 1.54) is 16.7 Å². The number of carbonyl (C=O) groups is 1. The summed E-state index contributed by atoms with van der Waals surface area (Å²) in [6, 6.07) is 5.39. The van der Waals surface area contributed by atoms with Crippen molar-refractivity contribution in [2.75, 3.05) is 21.1 Å². The van der Waals surface area contributed by atoms with Crippen molar-refractivity contribution in [2.45, 2.75) is 32.0 Å². The Kier molecular flexibility index (Phi) is 6.54. The summed E-state index contributed by atoms with van der Waals surface area (Å²) >= 11 is 0. The molecule has 0 radical (unpaired) electrons. The van der Waals surface area contributed by atoms with Gasteiger partial charge < -0.3 is 10.4 Å². The van der Waals surface area contributed by atoms with Gasteiger partial charge in [0.2, 0.25) is 5.75 Å². The van der Waals surface area contributed by atoms with Crippen LogP contribution in [0.4, 0.5) is 4.39 Å². The highest BCUT2D eigenvalue weighted by Crippen LogP contribution is 2.38. The number of amides is 1. The first-order valence-electron chi connectivity index (χ1n) is 9.80. The van der Waals surface area contributed by atoms with Gasteiger partial charge in [-0.05, 0) is 51.7 Å². The lowest BCUT2D eigenvalue weighted by Crippen LogP contribution is -2.39. The highest BCUT2D eigenvalue weighted by Gasteiger charge is 2.32. The summed E-state index contributed by atoms with van der Waals surface area (Å²) < 4.78 is 18.4. The molecule has 3 rings (SSSR count). The van der Waals surface area contributed by atoms with Gasteiger partial charge in [-0.25, -0.2) is 13.7 Å². The third kappa shape index (κ3) is 4.51. The number of aromatic nitrogens is 2. The summed E-state index contributed by atoms with van der Waals surface area (Å²) in [5, 5.41) is 13.0. The predicted molar refractivity (Wildman–Crippen MR) is 123 cm³/mol. The fraction of sp³-hybridized carbons (Fsp3) is 0.381. The molecular formula is C21H28FN5O3S. The molecule has 1 aromatic heterocycles. The van der Waals surface area contributed by atoms with Gasteiger partial charge in [-0.3, -0.25) is 18.5 Å². The van der Waals surface area contributed by atoms with Crippen LogP contribution >= 0.6 is 9.58 Å². The molecule has 1 aliphatic heterocycles. The van der Waals surface area contributed by atoms with Gasteiger partial charge in [0.25, 0.3) is 11.5 Å². The average molecular weight is 450 g/mol. The van der Waals surface area contributed by atoms with Crippen molar-refractivity contribution in [1.29, 1.82) is 0 Å². The highest BCUT2D eigenvalue weighted by atomic mass is 32.2. The van der Waals surface area contributed by atoms with E-state index in [9.17, 15) is 19.1 Å². The van der Waals surface area contributed by atoms with Crippen LogP contribution in [0.3, 0.4) is 0 Å². The van der Waals surface area contributed by atoms with Crippen molar-refractivity contribution in [3.63, 3.8) is 0 Å². The molecule has 2 N–H and O–H groups in total. The molecule has 0 saturated heterocycles. The van der Waals surface area contributed by atoms with Crippen LogP contribution in [0.2, 0.25) is 0 Å². The van der Waals surface area contributed by atoms with Crippen molar-refractivity contribution in [3.8, 4) is 5.75 Å².